The van der Waals surface area contributed by atoms with Gasteiger partial charge in [-0.3, -0.25) is 0 Å². The van der Waals surface area contributed by atoms with Crippen LogP contribution in [0, 0.1) is 0 Å². The van der Waals surface area contributed by atoms with E-state index in [0.29, 0.717) is 0 Å². The molecule has 0 saturated carbocycles. The van der Waals surface area contributed by atoms with Crippen LogP contribution in [0.1, 0.15) is 24.1 Å². The molecule has 0 aliphatic carbocycles. The lowest BCUT2D eigenvalue weighted by atomic mass is 9.98. The van der Waals surface area contributed by atoms with E-state index >= 15 is 0 Å². The van der Waals surface area contributed by atoms with Crippen molar-refractivity contribution < 1.29 is 4.74 Å². The Morgan fingerprint density at radius 2 is 1.72 bits per heavy atom. The molecule has 0 radical (unpaired) electrons. The minimum absolute atomic E-state index is 0.214. The Balaban J connectivity index is 2.35. The molecule has 2 heteroatoms. The number of hydrogen-bond acceptors (Lipinski definition) is 2. The first-order valence-electron chi connectivity index (χ1n) is 6.27. The molecule has 1 atom stereocenters. The third-order valence-electron chi connectivity index (χ3n) is 2.97. The SMILES string of the molecule is CCNC(c1ccccc1)c1cccc(OC)c1. The molecule has 2 aromatic rings. The highest BCUT2D eigenvalue weighted by molar-refractivity contribution is 5.36. The van der Waals surface area contributed by atoms with Crippen LogP contribution < -0.4 is 10.1 Å². The number of ether oxygens (including phenoxy) is 1. The first-order chi connectivity index (χ1) is 8.85. The molecule has 0 amide bonds. The van der Waals surface area contributed by atoms with Crippen molar-refractivity contribution in [3.05, 3.63) is 65.7 Å². The van der Waals surface area contributed by atoms with Gasteiger partial charge in [-0.1, -0.05) is 49.4 Å². The second-order valence-electron chi connectivity index (χ2n) is 4.18. The van der Waals surface area contributed by atoms with Crippen LogP contribution in [0.15, 0.2) is 54.6 Å². The van der Waals surface area contributed by atoms with E-state index in [2.05, 4.69) is 48.6 Å². The molecule has 2 aromatic carbocycles. The van der Waals surface area contributed by atoms with Crippen LogP contribution in [-0.2, 0) is 0 Å². The summed E-state index contributed by atoms with van der Waals surface area (Å²) in [7, 11) is 1.70. The number of nitrogens with one attached hydrogen (secondary N) is 1. The Labute approximate surface area is 109 Å². The van der Waals surface area contributed by atoms with E-state index in [9.17, 15) is 0 Å². The summed E-state index contributed by atoms with van der Waals surface area (Å²) in [5.41, 5.74) is 2.50. The fourth-order valence-electron chi connectivity index (χ4n) is 2.10. The second-order valence-corrected chi connectivity index (χ2v) is 4.18. The summed E-state index contributed by atoms with van der Waals surface area (Å²) in [6.45, 7) is 3.05. The average molecular weight is 241 g/mol. The first kappa shape index (κ1) is 12.7. The molecule has 0 bridgehead atoms. The highest BCUT2D eigenvalue weighted by Gasteiger charge is 2.12. The van der Waals surface area contributed by atoms with Gasteiger partial charge in [0.15, 0.2) is 0 Å². The standard InChI is InChI=1S/C16H19NO/c1-3-17-16(13-8-5-4-6-9-13)14-10-7-11-15(12-14)18-2/h4-12,16-17H,3H2,1-2H3. The molecule has 2 rings (SSSR count). The largest absolute Gasteiger partial charge is 0.497 e. The fourth-order valence-corrected chi connectivity index (χ4v) is 2.10. The lowest BCUT2D eigenvalue weighted by Crippen LogP contribution is -2.21. The lowest BCUT2D eigenvalue weighted by molar-refractivity contribution is 0.413. The van der Waals surface area contributed by atoms with Gasteiger partial charge in [0.25, 0.3) is 0 Å². The molecule has 0 spiro atoms. The normalized spacial score (nSPS) is 12.1. The lowest BCUT2D eigenvalue weighted by Gasteiger charge is -2.19. The van der Waals surface area contributed by atoms with Crippen LogP contribution in [0.2, 0.25) is 0 Å². The van der Waals surface area contributed by atoms with E-state index in [1.54, 1.807) is 7.11 Å². The smallest absolute Gasteiger partial charge is 0.119 e. The zero-order valence-corrected chi connectivity index (χ0v) is 10.9. The summed E-state index contributed by atoms with van der Waals surface area (Å²) in [5.74, 6) is 0.895. The molecule has 1 N–H and O–H groups in total. The molecule has 0 saturated heterocycles. The summed E-state index contributed by atoms with van der Waals surface area (Å²) in [5, 5.41) is 3.51. The third kappa shape index (κ3) is 2.90. The van der Waals surface area contributed by atoms with Gasteiger partial charge < -0.3 is 10.1 Å². The average Bonchev–Trinajstić information content (AvgIpc) is 2.46. The Kier molecular flexibility index (Phi) is 4.37. The van der Waals surface area contributed by atoms with Gasteiger partial charge in [-0.25, -0.2) is 0 Å². The van der Waals surface area contributed by atoms with Gasteiger partial charge in [0.2, 0.25) is 0 Å². The second kappa shape index (κ2) is 6.22. The van der Waals surface area contributed by atoms with E-state index in [4.69, 9.17) is 4.74 Å². The molecular weight excluding hydrogens is 222 g/mol. The highest BCUT2D eigenvalue weighted by Crippen LogP contribution is 2.24. The number of methoxy groups -OCH3 is 1. The van der Waals surface area contributed by atoms with Crippen molar-refractivity contribution in [2.75, 3.05) is 13.7 Å². The molecule has 0 fully saturated rings. The quantitative estimate of drug-likeness (QED) is 0.866. The summed E-state index contributed by atoms with van der Waals surface area (Å²) in [6.07, 6.45) is 0. The van der Waals surface area contributed by atoms with E-state index < -0.39 is 0 Å². The molecule has 0 heterocycles. The van der Waals surface area contributed by atoms with Gasteiger partial charge in [0, 0.05) is 0 Å². The number of hydrogen-bond donors (Lipinski definition) is 1. The van der Waals surface area contributed by atoms with Crippen molar-refractivity contribution >= 4 is 0 Å². The molecule has 0 aliphatic rings. The van der Waals surface area contributed by atoms with Crippen molar-refractivity contribution in [3.8, 4) is 5.75 Å². The van der Waals surface area contributed by atoms with Crippen LogP contribution in [0.4, 0.5) is 0 Å². The molecule has 18 heavy (non-hydrogen) atoms. The predicted molar refractivity (Wildman–Crippen MR) is 75.0 cm³/mol. The fraction of sp³-hybridized carbons (Fsp3) is 0.250. The van der Waals surface area contributed by atoms with Gasteiger partial charge in [-0.2, -0.15) is 0 Å². The van der Waals surface area contributed by atoms with E-state index in [0.717, 1.165) is 12.3 Å². The molecule has 0 aromatic heterocycles. The molecule has 94 valence electrons. The van der Waals surface area contributed by atoms with Gasteiger partial charge in [0.1, 0.15) is 5.75 Å². The van der Waals surface area contributed by atoms with Gasteiger partial charge >= 0.3 is 0 Å². The summed E-state index contributed by atoms with van der Waals surface area (Å²) < 4.78 is 5.29. The Bertz CT molecular complexity index is 481. The minimum atomic E-state index is 0.214. The van der Waals surface area contributed by atoms with Gasteiger partial charge in [-0.15, -0.1) is 0 Å². The zero-order chi connectivity index (χ0) is 12.8. The van der Waals surface area contributed by atoms with E-state index in [1.807, 2.05) is 18.2 Å². The van der Waals surface area contributed by atoms with Crippen molar-refractivity contribution in [2.24, 2.45) is 0 Å². The Morgan fingerprint density at radius 1 is 1.00 bits per heavy atom. The summed E-state index contributed by atoms with van der Waals surface area (Å²) in [6, 6.07) is 18.9. The summed E-state index contributed by atoms with van der Waals surface area (Å²) >= 11 is 0. The monoisotopic (exact) mass is 241 g/mol. The first-order valence-corrected chi connectivity index (χ1v) is 6.27. The molecule has 2 nitrogen and oxygen atoms in total. The minimum Gasteiger partial charge on any atom is -0.497 e. The van der Waals surface area contributed by atoms with E-state index in [-0.39, 0.29) is 6.04 Å². The van der Waals surface area contributed by atoms with Crippen LogP contribution >= 0.6 is 0 Å². The number of benzene rings is 2. The maximum Gasteiger partial charge on any atom is 0.119 e. The van der Waals surface area contributed by atoms with Crippen molar-refractivity contribution in [3.63, 3.8) is 0 Å². The van der Waals surface area contributed by atoms with Crippen LogP contribution in [0.3, 0.4) is 0 Å². The Hall–Kier alpha value is -1.80. The van der Waals surface area contributed by atoms with Gasteiger partial charge in [0.05, 0.1) is 13.2 Å². The zero-order valence-electron chi connectivity index (χ0n) is 10.9. The molecule has 1 unspecified atom stereocenters. The maximum atomic E-state index is 5.29. The Morgan fingerprint density at radius 3 is 2.39 bits per heavy atom. The van der Waals surface area contributed by atoms with Crippen molar-refractivity contribution in [1.29, 1.82) is 0 Å². The summed E-state index contributed by atoms with van der Waals surface area (Å²) in [4.78, 5) is 0. The van der Waals surface area contributed by atoms with Crippen LogP contribution in [-0.4, -0.2) is 13.7 Å². The van der Waals surface area contributed by atoms with Crippen LogP contribution in [0.5, 0.6) is 5.75 Å². The third-order valence-corrected chi connectivity index (χ3v) is 2.97. The predicted octanol–water partition coefficient (Wildman–Crippen LogP) is 3.39. The topological polar surface area (TPSA) is 21.3 Å². The van der Waals surface area contributed by atoms with Gasteiger partial charge in [-0.05, 0) is 29.8 Å². The molecular formula is C16H19NO. The van der Waals surface area contributed by atoms with Crippen molar-refractivity contribution in [1.82, 2.24) is 5.32 Å². The van der Waals surface area contributed by atoms with Crippen LogP contribution in [0.25, 0.3) is 0 Å². The number of rotatable bonds is 5. The highest BCUT2D eigenvalue weighted by atomic mass is 16.5. The van der Waals surface area contributed by atoms with Crippen molar-refractivity contribution in [2.45, 2.75) is 13.0 Å². The maximum absolute atomic E-state index is 5.29. The van der Waals surface area contributed by atoms with E-state index in [1.165, 1.54) is 11.1 Å². The molecule has 0 aliphatic heterocycles.